The van der Waals surface area contributed by atoms with Crippen LogP contribution in [0.5, 0.6) is 5.75 Å². The first-order chi connectivity index (χ1) is 13.7. The number of ether oxygens (including phenoxy) is 1. The van der Waals surface area contributed by atoms with Gasteiger partial charge in [-0.1, -0.05) is 18.0 Å². The maximum atomic E-state index is 12.9. The van der Waals surface area contributed by atoms with Gasteiger partial charge in [-0.2, -0.15) is 5.10 Å². The van der Waals surface area contributed by atoms with E-state index in [1.165, 1.54) is 45.2 Å². The number of benzene rings is 1. The van der Waals surface area contributed by atoms with E-state index in [0.29, 0.717) is 40.5 Å². The van der Waals surface area contributed by atoms with E-state index in [0.717, 1.165) is 5.56 Å². The average molecular weight is 403 g/mol. The Bertz CT molecular complexity index is 836. The Labute approximate surface area is 170 Å². The molecule has 150 valence electrons. The van der Waals surface area contributed by atoms with Crippen LogP contribution in [0.4, 0.5) is 0 Å². The summed E-state index contributed by atoms with van der Waals surface area (Å²) >= 11 is 6.24. The summed E-state index contributed by atoms with van der Waals surface area (Å²) in [5.74, 6) is 1.04. The molecule has 0 unspecified atom stereocenters. The largest absolute Gasteiger partial charge is 0.495 e. The number of nitrogens with zero attached hydrogens (tertiary/aromatic N) is 2. The fourth-order valence-electron chi connectivity index (χ4n) is 4.63. The predicted molar refractivity (Wildman–Crippen MR) is 110 cm³/mol. The van der Waals surface area contributed by atoms with Crippen LogP contribution in [0.25, 0.3) is 11.3 Å². The Balaban J connectivity index is 1.45. The predicted octanol–water partition coefficient (Wildman–Crippen LogP) is 3.73. The van der Waals surface area contributed by atoms with Crippen LogP contribution in [-0.4, -0.2) is 53.8 Å². The van der Waals surface area contributed by atoms with Crippen molar-refractivity contribution in [1.82, 2.24) is 20.4 Å². The van der Waals surface area contributed by atoms with Gasteiger partial charge in [0.25, 0.3) is 5.91 Å². The number of amides is 1. The van der Waals surface area contributed by atoms with Crippen LogP contribution in [-0.2, 0) is 0 Å². The van der Waals surface area contributed by atoms with Crippen molar-refractivity contribution in [2.45, 2.75) is 38.1 Å². The van der Waals surface area contributed by atoms with Gasteiger partial charge in [-0.25, -0.2) is 0 Å². The Hall–Kier alpha value is -2.05. The molecule has 0 radical (unpaired) electrons. The highest BCUT2D eigenvalue weighted by Gasteiger charge is 2.33. The summed E-state index contributed by atoms with van der Waals surface area (Å²) in [6.07, 6.45) is 7.85. The number of hydrogen-bond acceptors (Lipinski definition) is 4. The lowest BCUT2D eigenvalue weighted by Crippen LogP contribution is -2.51. The van der Waals surface area contributed by atoms with Gasteiger partial charge in [0.2, 0.25) is 0 Å². The number of rotatable bonds is 5. The topological polar surface area (TPSA) is 70.2 Å². The van der Waals surface area contributed by atoms with E-state index >= 15 is 0 Å². The van der Waals surface area contributed by atoms with Crippen LogP contribution in [0.15, 0.2) is 24.4 Å². The van der Waals surface area contributed by atoms with Gasteiger partial charge >= 0.3 is 0 Å². The molecule has 1 aromatic carbocycles. The van der Waals surface area contributed by atoms with E-state index in [9.17, 15) is 4.79 Å². The van der Waals surface area contributed by atoms with Crippen molar-refractivity contribution in [2.24, 2.45) is 5.92 Å². The maximum Gasteiger partial charge on any atom is 0.255 e. The molecular weight excluding hydrogens is 376 g/mol. The zero-order valence-corrected chi connectivity index (χ0v) is 17.0. The minimum Gasteiger partial charge on any atom is -0.495 e. The highest BCUT2D eigenvalue weighted by atomic mass is 35.5. The van der Waals surface area contributed by atoms with Gasteiger partial charge in [0.05, 0.1) is 29.6 Å². The van der Waals surface area contributed by atoms with Crippen LogP contribution in [0.1, 0.15) is 42.5 Å². The van der Waals surface area contributed by atoms with E-state index in [2.05, 4.69) is 20.4 Å². The molecule has 1 amide bonds. The first kappa shape index (κ1) is 19.3. The van der Waals surface area contributed by atoms with Crippen molar-refractivity contribution in [2.75, 3.05) is 26.7 Å². The summed E-state index contributed by atoms with van der Waals surface area (Å²) in [6.45, 7) is 3.13. The SMILES string of the molecule is COc1ccc(-c2[nH]ncc2C(=O)NC[C@H]2CCCN3CCCC[C@H]23)cc1Cl. The van der Waals surface area contributed by atoms with Crippen molar-refractivity contribution in [3.63, 3.8) is 0 Å². The third kappa shape index (κ3) is 3.89. The van der Waals surface area contributed by atoms with Gasteiger partial charge in [-0.15, -0.1) is 0 Å². The second kappa shape index (κ2) is 8.53. The maximum absolute atomic E-state index is 12.9. The van der Waals surface area contributed by atoms with Crippen molar-refractivity contribution in [3.8, 4) is 17.0 Å². The summed E-state index contributed by atoms with van der Waals surface area (Å²) in [5, 5.41) is 10.7. The van der Waals surface area contributed by atoms with Gasteiger partial charge < -0.3 is 15.0 Å². The number of methoxy groups -OCH3 is 1. The molecule has 0 aliphatic carbocycles. The van der Waals surface area contributed by atoms with E-state index in [-0.39, 0.29) is 5.91 Å². The van der Waals surface area contributed by atoms with Crippen LogP contribution in [0, 0.1) is 5.92 Å². The number of hydrogen-bond donors (Lipinski definition) is 2. The highest BCUT2D eigenvalue weighted by molar-refractivity contribution is 6.32. The number of piperidine rings is 2. The quantitative estimate of drug-likeness (QED) is 0.799. The van der Waals surface area contributed by atoms with Gasteiger partial charge in [-0.05, 0) is 62.9 Å². The molecule has 2 atom stereocenters. The number of aromatic nitrogens is 2. The third-order valence-electron chi connectivity index (χ3n) is 6.08. The highest BCUT2D eigenvalue weighted by Crippen LogP contribution is 2.32. The number of nitrogens with one attached hydrogen (secondary N) is 2. The molecule has 6 nitrogen and oxygen atoms in total. The lowest BCUT2D eigenvalue weighted by atomic mass is 9.83. The van der Waals surface area contributed by atoms with Crippen LogP contribution in [0.3, 0.4) is 0 Å². The molecule has 7 heteroatoms. The number of aromatic amines is 1. The molecule has 0 saturated carbocycles. The molecule has 2 aliphatic heterocycles. The molecule has 2 saturated heterocycles. The van der Waals surface area contributed by atoms with E-state index < -0.39 is 0 Å². The average Bonchev–Trinajstić information content (AvgIpc) is 3.22. The minimum absolute atomic E-state index is 0.0939. The van der Waals surface area contributed by atoms with Gasteiger partial charge in [-0.3, -0.25) is 9.89 Å². The molecule has 3 heterocycles. The zero-order chi connectivity index (χ0) is 19.5. The van der Waals surface area contributed by atoms with E-state index in [1.807, 2.05) is 6.07 Å². The van der Waals surface area contributed by atoms with Crippen molar-refractivity contribution in [1.29, 1.82) is 0 Å². The standard InChI is InChI=1S/C21H27ClN4O2/c1-28-19-8-7-14(11-17(19)22)20-16(13-24-25-20)21(27)23-12-15-5-4-10-26-9-3-2-6-18(15)26/h7-8,11,13,15,18H,2-6,9-10,12H2,1H3,(H,23,27)(H,24,25)/t15-,18-/m1/s1. The monoisotopic (exact) mass is 402 g/mol. The normalized spacial score (nSPS) is 22.5. The molecule has 28 heavy (non-hydrogen) atoms. The molecule has 2 N–H and O–H groups in total. The van der Waals surface area contributed by atoms with Gasteiger partial charge in [0.15, 0.2) is 0 Å². The fraction of sp³-hybridized carbons (Fsp3) is 0.524. The number of carbonyl (C=O) groups excluding carboxylic acids is 1. The fourth-order valence-corrected chi connectivity index (χ4v) is 4.89. The molecule has 2 fully saturated rings. The van der Waals surface area contributed by atoms with Crippen molar-refractivity contribution >= 4 is 17.5 Å². The summed E-state index contributed by atoms with van der Waals surface area (Å²) in [7, 11) is 1.58. The van der Waals surface area contributed by atoms with Crippen molar-refractivity contribution < 1.29 is 9.53 Å². The summed E-state index contributed by atoms with van der Waals surface area (Å²) < 4.78 is 5.20. The Morgan fingerprint density at radius 3 is 3.00 bits per heavy atom. The molecular formula is C21H27ClN4O2. The summed E-state index contributed by atoms with van der Waals surface area (Å²) in [4.78, 5) is 15.5. The lowest BCUT2D eigenvalue weighted by Gasteiger charge is -2.44. The molecule has 2 aromatic rings. The number of fused-ring (bicyclic) bond motifs is 1. The van der Waals surface area contributed by atoms with Crippen LogP contribution >= 0.6 is 11.6 Å². The third-order valence-corrected chi connectivity index (χ3v) is 6.37. The molecule has 2 aliphatic rings. The number of H-pyrrole nitrogens is 1. The molecule has 0 spiro atoms. The number of carbonyl (C=O) groups is 1. The molecule has 0 bridgehead atoms. The second-order valence-corrected chi connectivity index (χ2v) is 8.13. The molecule has 4 rings (SSSR count). The first-order valence-electron chi connectivity index (χ1n) is 10.1. The smallest absolute Gasteiger partial charge is 0.255 e. The summed E-state index contributed by atoms with van der Waals surface area (Å²) in [6, 6.07) is 6.06. The Kier molecular flexibility index (Phi) is 5.87. The first-order valence-corrected chi connectivity index (χ1v) is 10.4. The van der Waals surface area contributed by atoms with Gasteiger partial charge in [0, 0.05) is 18.2 Å². The Morgan fingerprint density at radius 2 is 2.18 bits per heavy atom. The Morgan fingerprint density at radius 1 is 1.32 bits per heavy atom. The second-order valence-electron chi connectivity index (χ2n) is 7.72. The van der Waals surface area contributed by atoms with E-state index in [4.69, 9.17) is 16.3 Å². The lowest BCUT2D eigenvalue weighted by molar-refractivity contribution is 0.0576. The van der Waals surface area contributed by atoms with E-state index in [1.54, 1.807) is 25.4 Å². The van der Waals surface area contributed by atoms with Gasteiger partial charge in [0.1, 0.15) is 5.75 Å². The summed E-state index contributed by atoms with van der Waals surface area (Å²) in [5.41, 5.74) is 2.02. The van der Waals surface area contributed by atoms with Crippen LogP contribution in [0.2, 0.25) is 5.02 Å². The number of halogens is 1. The zero-order valence-electron chi connectivity index (χ0n) is 16.2. The van der Waals surface area contributed by atoms with Crippen molar-refractivity contribution in [3.05, 3.63) is 35.0 Å². The molecule has 1 aromatic heterocycles. The van der Waals surface area contributed by atoms with Crippen LogP contribution < -0.4 is 10.1 Å². The minimum atomic E-state index is -0.0939.